The Hall–Kier alpha value is -2.33. The number of ether oxygens (including phenoxy) is 1. The first-order valence-corrected chi connectivity index (χ1v) is 8.56. The number of hydrogen-bond acceptors (Lipinski definition) is 4. The second kappa shape index (κ2) is 5.35. The number of para-hydroxylation sites is 1. The lowest BCUT2D eigenvalue weighted by Gasteiger charge is -2.46. The van der Waals surface area contributed by atoms with Crippen LogP contribution in [0, 0.1) is 0 Å². The van der Waals surface area contributed by atoms with Gasteiger partial charge in [0.05, 0.1) is 6.10 Å². The minimum absolute atomic E-state index is 0.128. The van der Waals surface area contributed by atoms with Crippen LogP contribution in [0.25, 0.3) is 11.0 Å². The predicted molar refractivity (Wildman–Crippen MR) is 93.4 cm³/mol. The van der Waals surface area contributed by atoms with E-state index in [4.69, 9.17) is 9.15 Å². The van der Waals surface area contributed by atoms with Crippen molar-refractivity contribution in [2.45, 2.75) is 30.9 Å². The standard InChI is InChI=1S/C20H20N2O2/c1-23-18-12-22(19-8-4-5-9-21-19)13-10-15-14-6-2-3-7-17(14)24-20(15)16(18)11-13/h2-9,13,16,18H,10-12H2,1H3/t13-,16+,18-/m0/s1. The number of methoxy groups -OCH3 is 1. The Morgan fingerprint density at radius 1 is 1.17 bits per heavy atom. The van der Waals surface area contributed by atoms with Gasteiger partial charge in [0.25, 0.3) is 0 Å². The van der Waals surface area contributed by atoms with Gasteiger partial charge in [0.1, 0.15) is 17.2 Å². The van der Waals surface area contributed by atoms with Crippen molar-refractivity contribution in [1.82, 2.24) is 4.98 Å². The maximum Gasteiger partial charge on any atom is 0.134 e. The van der Waals surface area contributed by atoms with Crippen LogP contribution in [-0.4, -0.2) is 30.8 Å². The average molecular weight is 320 g/mol. The summed E-state index contributed by atoms with van der Waals surface area (Å²) in [6.07, 6.45) is 4.06. The molecule has 0 amide bonds. The van der Waals surface area contributed by atoms with Gasteiger partial charge in [-0.1, -0.05) is 24.3 Å². The smallest absolute Gasteiger partial charge is 0.134 e. The number of anilines is 1. The van der Waals surface area contributed by atoms with E-state index in [0.29, 0.717) is 12.0 Å². The minimum Gasteiger partial charge on any atom is -0.460 e. The van der Waals surface area contributed by atoms with Crippen molar-refractivity contribution in [3.63, 3.8) is 0 Å². The molecule has 4 nitrogen and oxygen atoms in total. The van der Waals surface area contributed by atoms with Crippen molar-refractivity contribution < 1.29 is 9.15 Å². The zero-order chi connectivity index (χ0) is 16.1. The highest BCUT2D eigenvalue weighted by molar-refractivity contribution is 5.83. The van der Waals surface area contributed by atoms with Gasteiger partial charge in [0.2, 0.25) is 0 Å². The molecule has 2 aliphatic rings. The molecule has 0 saturated carbocycles. The summed E-state index contributed by atoms with van der Waals surface area (Å²) in [6.45, 7) is 0.860. The summed E-state index contributed by atoms with van der Waals surface area (Å²) in [5.41, 5.74) is 2.35. The van der Waals surface area contributed by atoms with Gasteiger partial charge in [0, 0.05) is 42.8 Å². The summed E-state index contributed by atoms with van der Waals surface area (Å²) >= 11 is 0. The van der Waals surface area contributed by atoms with Crippen LogP contribution in [0.1, 0.15) is 23.7 Å². The molecule has 2 aromatic heterocycles. The van der Waals surface area contributed by atoms with Gasteiger partial charge in [-0.3, -0.25) is 0 Å². The van der Waals surface area contributed by atoms with Crippen molar-refractivity contribution in [3.8, 4) is 0 Å². The van der Waals surface area contributed by atoms with Crippen molar-refractivity contribution in [2.75, 3.05) is 18.6 Å². The van der Waals surface area contributed by atoms with Crippen LogP contribution in [-0.2, 0) is 11.2 Å². The number of nitrogens with zero attached hydrogens (tertiary/aromatic N) is 2. The highest BCUT2D eigenvalue weighted by Crippen LogP contribution is 2.45. The number of pyridine rings is 1. The topological polar surface area (TPSA) is 38.5 Å². The quantitative estimate of drug-likeness (QED) is 0.720. The molecule has 2 bridgehead atoms. The molecule has 24 heavy (non-hydrogen) atoms. The van der Waals surface area contributed by atoms with Crippen LogP contribution in [0.3, 0.4) is 0 Å². The maximum absolute atomic E-state index is 6.24. The largest absolute Gasteiger partial charge is 0.460 e. The van der Waals surface area contributed by atoms with E-state index >= 15 is 0 Å². The number of fused-ring (bicyclic) bond motifs is 6. The highest BCUT2D eigenvalue weighted by Gasteiger charge is 2.44. The average Bonchev–Trinajstić information content (AvgIpc) is 3.02. The molecule has 0 N–H and O–H groups in total. The summed E-state index contributed by atoms with van der Waals surface area (Å²) in [4.78, 5) is 6.98. The SMILES string of the molecule is CO[C@H]1CN(c2ccccn2)[C@H]2Cc3c(oc4ccccc34)[C@@H]1C2. The lowest BCUT2D eigenvalue weighted by atomic mass is 9.77. The monoisotopic (exact) mass is 320 g/mol. The molecular weight excluding hydrogens is 300 g/mol. The van der Waals surface area contributed by atoms with Gasteiger partial charge in [-0.25, -0.2) is 4.98 Å². The van der Waals surface area contributed by atoms with Gasteiger partial charge >= 0.3 is 0 Å². The third-order valence-electron chi connectivity index (χ3n) is 5.54. The molecule has 3 atom stereocenters. The third-order valence-corrected chi connectivity index (χ3v) is 5.54. The zero-order valence-electron chi connectivity index (χ0n) is 13.7. The van der Waals surface area contributed by atoms with Gasteiger partial charge < -0.3 is 14.1 Å². The predicted octanol–water partition coefficient (Wildman–Crippen LogP) is 3.76. The molecule has 1 aromatic carbocycles. The Kier molecular flexibility index (Phi) is 3.13. The second-order valence-electron chi connectivity index (χ2n) is 6.76. The lowest BCUT2D eigenvalue weighted by molar-refractivity contribution is 0.0513. The molecule has 1 saturated heterocycles. The molecule has 0 radical (unpaired) electrons. The third kappa shape index (κ3) is 1.99. The normalized spacial score (nSPS) is 25.7. The number of furan rings is 1. The van der Waals surface area contributed by atoms with E-state index in [-0.39, 0.29) is 6.10 Å². The molecule has 0 unspecified atom stereocenters. The van der Waals surface area contributed by atoms with Gasteiger partial charge in [0.15, 0.2) is 0 Å². The van der Waals surface area contributed by atoms with E-state index in [9.17, 15) is 0 Å². The summed E-state index contributed by atoms with van der Waals surface area (Å²) in [5, 5.41) is 1.25. The molecular formula is C20H20N2O2. The summed E-state index contributed by atoms with van der Waals surface area (Å²) in [6, 6.07) is 14.9. The molecule has 4 heteroatoms. The number of piperidine rings is 1. The number of hydrogen-bond donors (Lipinski definition) is 0. The van der Waals surface area contributed by atoms with Crippen LogP contribution in [0.4, 0.5) is 5.82 Å². The highest BCUT2D eigenvalue weighted by atomic mass is 16.5. The van der Waals surface area contributed by atoms with Crippen LogP contribution >= 0.6 is 0 Å². The summed E-state index contributed by atoms with van der Waals surface area (Å²) in [5.74, 6) is 2.51. The summed E-state index contributed by atoms with van der Waals surface area (Å²) in [7, 11) is 1.80. The van der Waals surface area contributed by atoms with E-state index in [1.807, 2.05) is 18.3 Å². The molecule has 1 aliphatic heterocycles. The molecule has 3 aromatic rings. The fourth-order valence-electron chi connectivity index (χ4n) is 4.42. The zero-order valence-corrected chi connectivity index (χ0v) is 13.7. The van der Waals surface area contributed by atoms with Crippen molar-refractivity contribution in [3.05, 3.63) is 60.0 Å². The van der Waals surface area contributed by atoms with Crippen molar-refractivity contribution in [2.24, 2.45) is 0 Å². The van der Waals surface area contributed by atoms with E-state index in [0.717, 1.165) is 36.5 Å². The fourth-order valence-corrected chi connectivity index (χ4v) is 4.42. The Balaban J connectivity index is 1.62. The van der Waals surface area contributed by atoms with E-state index < -0.39 is 0 Å². The first-order valence-electron chi connectivity index (χ1n) is 8.56. The molecule has 3 heterocycles. The van der Waals surface area contributed by atoms with E-state index in [1.165, 1.54) is 10.9 Å². The molecule has 5 rings (SSSR count). The molecule has 0 spiro atoms. The molecule has 122 valence electrons. The lowest BCUT2D eigenvalue weighted by Crippen LogP contribution is -2.53. The van der Waals surface area contributed by atoms with Crippen LogP contribution in [0.5, 0.6) is 0 Å². The Morgan fingerprint density at radius 2 is 2.04 bits per heavy atom. The van der Waals surface area contributed by atoms with Crippen LogP contribution in [0.15, 0.2) is 53.1 Å². The Morgan fingerprint density at radius 3 is 2.88 bits per heavy atom. The molecule has 1 fully saturated rings. The number of rotatable bonds is 2. The van der Waals surface area contributed by atoms with Gasteiger partial charge in [-0.2, -0.15) is 0 Å². The first kappa shape index (κ1) is 14.1. The first-order chi connectivity index (χ1) is 11.8. The minimum atomic E-state index is 0.128. The second-order valence-corrected chi connectivity index (χ2v) is 6.76. The maximum atomic E-state index is 6.24. The summed E-state index contributed by atoms with van der Waals surface area (Å²) < 4.78 is 12.1. The Bertz CT molecular complexity index is 874. The van der Waals surface area contributed by atoms with Crippen LogP contribution < -0.4 is 4.90 Å². The van der Waals surface area contributed by atoms with Gasteiger partial charge in [-0.05, 0) is 31.0 Å². The van der Waals surface area contributed by atoms with Crippen LogP contribution in [0.2, 0.25) is 0 Å². The van der Waals surface area contributed by atoms with Crippen molar-refractivity contribution in [1.29, 1.82) is 0 Å². The molecule has 1 aliphatic carbocycles. The van der Waals surface area contributed by atoms with E-state index in [1.54, 1.807) is 7.11 Å². The Labute approximate surface area is 141 Å². The number of aromatic nitrogens is 1. The van der Waals surface area contributed by atoms with Gasteiger partial charge in [-0.15, -0.1) is 0 Å². The van der Waals surface area contributed by atoms with E-state index in [2.05, 4.69) is 40.2 Å². The number of benzene rings is 1. The fraction of sp³-hybridized carbons (Fsp3) is 0.350. The van der Waals surface area contributed by atoms with Crippen molar-refractivity contribution >= 4 is 16.8 Å².